The van der Waals surface area contributed by atoms with Gasteiger partial charge >= 0.3 is 5.97 Å². The lowest BCUT2D eigenvalue weighted by molar-refractivity contribution is -0.147. The predicted molar refractivity (Wildman–Crippen MR) is 107 cm³/mol. The first-order chi connectivity index (χ1) is 13.5. The number of ether oxygens (including phenoxy) is 3. The van der Waals surface area contributed by atoms with Gasteiger partial charge < -0.3 is 19.1 Å². The highest BCUT2D eigenvalue weighted by Crippen LogP contribution is 2.19. The molecule has 0 spiro atoms. The highest BCUT2D eigenvalue weighted by atomic mass is 16.5. The Morgan fingerprint density at radius 3 is 2.46 bits per heavy atom. The van der Waals surface area contributed by atoms with Crippen molar-refractivity contribution in [1.29, 1.82) is 0 Å². The van der Waals surface area contributed by atoms with Crippen LogP contribution in [0.15, 0.2) is 54.6 Å². The topological polar surface area (TPSA) is 65.1 Å². The van der Waals surface area contributed by atoms with Crippen molar-refractivity contribution in [3.8, 4) is 11.5 Å². The van der Waals surface area contributed by atoms with Crippen LogP contribution in [-0.4, -0.2) is 44.1 Å². The van der Waals surface area contributed by atoms with Crippen molar-refractivity contribution in [2.24, 2.45) is 0 Å². The van der Waals surface area contributed by atoms with Crippen molar-refractivity contribution >= 4 is 18.0 Å². The average Bonchev–Trinajstić information content (AvgIpc) is 2.72. The minimum absolute atomic E-state index is 0.285. The van der Waals surface area contributed by atoms with Gasteiger partial charge in [-0.05, 0) is 36.8 Å². The van der Waals surface area contributed by atoms with Crippen molar-refractivity contribution < 1.29 is 23.8 Å². The Labute approximate surface area is 165 Å². The van der Waals surface area contributed by atoms with Crippen LogP contribution < -0.4 is 9.47 Å². The van der Waals surface area contributed by atoms with Crippen LogP contribution in [0.3, 0.4) is 0 Å². The van der Waals surface area contributed by atoms with Crippen LogP contribution in [0.4, 0.5) is 0 Å². The number of amides is 1. The second-order valence-electron chi connectivity index (χ2n) is 6.01. The fourth-order valence-electron chi connectivity index (χ4n) is 2.45. The molecule has 0 unspecified atom stereocenters. The highest BCUT2D eigenvalue weighted by Gasteiger charge is 2.11. The van der Waals surface area contributed by atoms with Crippen molar-refractivity contribution in [1.82, 2.24) is 4.90 Å². The van der Waals surface area contributed by atoms with Crippen LogP contribution in [0.5, 0.6) is 11.5 Å². The molecule has 0 bridgehead atoms. The number of methoxy groups -OCH3 is 1. The zero-order valence-corrected chi connectivity index (χ0v) is 16.4. The van der Waals surface area contributed by atoms with Crippen molar-refractivity contribution in [3.05, 3.63) is 65.7 Å². The van der Waals surface area contributed by atoms with Crippen LogP contribution in [-0.2, 0) is 20.9 Å². The summed E-state index contributed by atoms with van der Waals surface area (Å²) in [6, 6.07) is 14.8. The summed E-state index contributed by atoms with van der Waals surface area (Å²) in [5.74, 6) is 0.568. The van der Waals surface area contributed by atoms with Crippen LogP contribution in [0.25, 0.3) is 6.08 Å². The highest BCUT2D eigenvalue weighted by molar-refractivity contribution is 5.89. The maximum atomic E-state index is 12.2. The predicted octanol–water partition coefficient (Wildman–Crippen LogP) is 3.31. The Kier molecular flexibility index (Phi) is 8.09. The molecule has 0 aromatic heterocycles. The molecular weight excluding hydrogens is 358 g/mol. The molecule has 28 heavy (non-hydrogen) atoms. The van der Waals surface area contributed by atoms with Gasteiger partial charge in [-0.25, -0.2) is 4.79 Å². The third-order valence-electron chi connectivity index (χ3n) is 3.96. The summed E-state index contributed by atoms with van der Waals surface area (Å²) in [4.78, 5) is 25.6. The normalized spacial score (nSPS) is 10.5. The number of hydrogen-bond donors (Lipinski definition) is 0. The van der Waals surface area contributed by atoms with Crippen molar-refractivity contribution in [2.75, 3.05) is 27.4 Å². The van der Waals surface area contributed by atoms with E-state index < -0.39 is 5.97 Å². The van der Waals surface area contributed by atoms with Crippen LogP contribution in [0.1, 0.15) is 18.1 Å². The second-order valence-corrected chi connectivity index (χ2v) is 6.01. The van der Waals surface area contributed by atoms with E-state index in [4.69, 9.17) is 14.2 Å². The summed E-state index contributed by atoms with van der Waals surface area (Å²) in [7, 11) is 3.26. The smallest absolute Gasteiger partial charge is 0.331 e. The number of carbonyl (C=O) groups excluding carboxylic acids is 2. The third kappa shape index (κ3) is 6.46. The lowest BCUT2D eigenvalue weighted by Crippen LogP contribution is -2.30. The number of rotatable bonds is 9. The van der Waals surface area contributed by atoms with Gasteiger partial charge in [0.2, 0.25) is 0 Å². The van der Waals surface area contributed by atoms with Crippen LogP contribution in [0.2, 0.25) is 0 Å². The first-order valence-corrected chi connectivity index (χ1v) is 8.97. The molecule has 0 radical (unpaired) electrons. The Hall–Kier alpha value is -3.28. The minimum atomic E-state index is -0.586. The maximum Gasteiger partial charge on any atom is 0.331 e. The molecule has 0 heterocycles. The molecule has 2 aromatic rings. The lowest BCUT2D eigenvalue weighted by atomic mass is 10.2. The molecule has 0 aliphatic heterocycles. The molecule has 0 aliphatic carbocycles. The fraction of sp³-hybridized carbons (Fsp3) is 0.273. The zero-order valence-electron chi connectivity index (χ0n) is 16.4. The second kappa shape index (κ2) is 10.8. The molecule has 6 nitrogen and oxygen atoms in total. The van der Waals surface area contributed by atoms with Gasteiger partial charge in [0.15, 0.2) is 6.61 Å². The van der Waals surface area contributed by atoms with Crippen LogP contribution in [0, 0.1) is 0 Å². The molecule has 148 valence electrons. The van der Waals surface area contributed by atoms with E-state index in [0.29, 0.717) is 18.9 Å². The lowest BCUT2D eigenvalue weighted by Gasteiger charge is -2.17. The first-order valence-electron chi connectivity index (χ1n) is 8.97. The quantitative estimate of drug-likeness (QED) is 0.491. The van der Waals surface area contributed by atoms with Crippen molar-refractivity contribution in [2.45, 2.75) is 13.5 Å². The molecule has 0 N–H and O–H groups in total. The molecule has 2 rings (SSSR count). The number of benzene rings is 2. The fourth-order valence-corrected chi connectivity index (χ4v) is 2.45. The summed E-state index contributed by atoms with van der Waals surface area (Å²) in [5, 5.41) is 0. The molecule has 0 atom stereocenters. The van der Waals surface area contributed by atoms with E-state index in [2.05, 4.69) is 0 Å². The molecule has 0 aliphatic rings. The number of likely N-dealkylation sites (N-methyl/N-ethyl adjacent to an activating group) is 1. The Morgan fingerprint density at radius 1 is 1.07 bits per heavy atom. The van der Waals surface area contributed by atoms with Gasteiger partial charge in [-0.15, -0.1) is 0 Å². The van der Waals surface area contributed by atoms with Gasteiger partial charge in [0.05, 0.1) is 13.7 Å². The van der Waals surface area contributed by atoms with E-state index in [1.165, 1.54) is 11.0 Å². The summed E-state index contributed by atoms with van der Waals surface area (Å²) < 4.78 is 15.7. The summed E-state index contributed by atoms with van der Waals surface area (Å²) in [5.41, 5.74) is 1.72. The zero-order chi connectivity index (χ0) is 20.4. The van der Waals surface area contributed by atoms with E-state index in [-0.39, 0.29) is 12.5 Å². The molecule has 0 fully saturated rings. The Bertz CT molecular complexity index is 814. The third-order valence-corrected chi connectivity index (χ3v) is 3.96. The summed E-state index contributed by atoms with van der Waals surface area (Å²) in [6.07, 6.45) is 2.90. The van der Waals surface area contributed by atoms with Gasteiger partial charge in [0.25, 0.3) is 5.91 Å². The minimum Gasteiger partial charge on any atom is -0.497 e. The maximum absolute atomic E-state index is 12.2. The van der Waals surface area contributed by atoms with Gasteiger partial charge in [-0.2, -0.15) is 0 Å². The van der Waals surface area contributed by atoms with Gasteiger partial charge in [0, 0.05) is 25.2 Å². The average molecular weight is 383 g/mol. The molecular formula is C22H25NO5. The Balaban J connectivity index is 1.83. The largest absolute Gasteiger partial charge is 0.497 e. The number of esters is 1. The summed E-state index contributed by atoms with van der Waals surface area (Å²) >= 11 is 0. The first kappa shape index (κ1) is 21.0. The van der Waals surface area contributed by atoms with E-state index in [1.807, 2.05) is 55.5 Å². The Morgan fingerprint density at radius 2 is 1.79 bits per heavy atom. The number of nitrogens with zero attached hydrogens (tertiary/aromatic N) is 1. The number of hydrogen-bond acceptors (Lipinski definition) is 5. The molecule has 0 saturated carbocycles. The van der Waals surface area contributed by atoms with Gasteiger partial charge in [0.1, 0.15) is 11.5 Å². The monoisotopic (exact) mass is 383 g/mol. The molecule has 6 heteroatoms. The number of carbonyl (C=O) groups is 2. The molecule has 1 amide bonds. The van der Waals surface area contributed by atoms with E-state index in [1.54, 1.807) is 20.2 Å². The van der Waals surface area contributed by atoms with E-state index in [0.717, 1.165) is 16.9 Å². The molecule has 2 aromatic carbocycles. The van der Waals surface area contributed by atoms with E-state index >= 15 is 0 Å². The van der Waals surface area contributed by atoms with Crippen LogP contribution >= 0.6 is 0 Å². The summed E-state index contributed by atoms with van der Waals surface area (Å²) in [6.45, 7) is 2.52. The molecule has 0 saturated heterocycles. The van der Waals surface area contributed by atoms with Gasteiger partial charge in [-0.3, -0.25) is 4.79 Å². The van der Waals surface area contributed by atoms with E-state index in [9.17, 15) is 9.59 Å². The van der Waals surface area contributed by atoms with Crippen molar-refractivity contribution in [3.63, 3.8) is 0 Å². The SMILES string of the molecule is CCOc1ccccc1/C=C/C(=O)OCC(=O)N(C)Cc1ccc(OC)cc1. The van der Waals surface area contributed by atoms with Gasteiger partial charge in [-0.1, -0.05) is 30.3 Å². The standard InChI is InChI=1S/C22H25NO5/c1-4-27-20-8-6-5-7-18(20)11-14-22(25)28-16-21(24)23(2)15-17-9-12-19(26-3)13-10-17/h5-14H,4,15-16H2,1-3H3/b14-11+. The number of para-hydroxylation sites is 1.